The molecule has 6 heteroatoms. The third-order valence-electron chi connectivity index (χ3n) is 5.61. The van der Waals surface area contributed by atoms with E-state index < -0.39 is 5.41 Å². The molecule has 4 rings (SSSR count). The Kier molecular flexibility index (Phi) is 3.88. The number of carbonyl (C=O) groups excluding carboxylic acids is 2. The molecule has 2 aliphatic rings. The van der Waals surface area contributed by atoms with E-state index in [4.69, 9.17) is 10.00 Å². The van der Waals surface area contributed by atoms with E-state index in [0.29, 0.717) is 36.4 Å². The standard InChI is InChI=1S/C21H19N3O3/c1-23-18-8-7-16(27-2)11-17(18)21(20(23)26)9-10-24(13-21)19(25)15-5-3-14(12-22)4-6-15/h3-8,11H,9-10,13H2,1-2H3/t21-/m1/s1. The molecule has 1 atom stereocenters. The highest BCUT2D eigenvalue weighted by atomic mass is 16.5. The Hall–Kier alpha value is -3.33. The Bertz CT molecular complexity index is 977. The topological polar surface area (TPSA) is 73.6 Å². The van der Waals surface area contributed by atoms with Gasteiger partial charge in [-0.15, -0.1) is 0 Å². The average Bonchev–Trinajstić information content (AvgIpc) is 3.25. The Balaban J connectivity index is 1.66. The van der Waals surface area contributed by atoms with Crippen molar-refractivity contribution in [2.45, 2.75) is 11.8 Å². The third-order valence-corrected chi connectivity index (χ3v) is 5.61. The molecule has 0 radical (unpaired) electrons. The molecule has 0 bridgehead atoms. The van der Waals surface area contributed by atoms with Gasteiger partial charge in [0.1, 0.15) is 5.75 Å². The number of carbonyl (C=O) groups is 2. The number of hydrogen-bond acceptors (Lipinski definition) is 4. The number of anilines is 1. The van der Waals surface area contributed by atoms with E-state index in [1.54, 1.807) is 48.2 Å². The molecule has 0 N–H and O–H groups in total. The number of benzene rings is 2. The Morgan fingerprint density at radius 2 is 1.96 bits per heavy atom. The van der Waals surface area contributed by atoms with Gasteiger partial charge in [-0.1, -0.05) is 0 Å². The molecular weight excluding hydrogens is 342 g/mol. The summed E-state index contributed by atoms with van der Waals surface area (Å²) in [6, 6.07) is 14.3. The first kappa shape index (κ1) is 17.1. The van der Waals surface area contributed by atoms with E-state index in [1.807, 2.05) is 24.3 Å². The van der Waals surface area contributed by atoms with Crippen molar-refractivity contribution in [3.05, 3.63) is 59.2 Å². The summed E-state index contributed by atoms with van der Waals surface area (Å²) in [5.74, 6) is 0.595. The van der Waals surface area contributed by atoms with E-state index in [1.165, 1.54) is 0 Å². The summed E-state index contributed by atoms with van der Waals surface area (Å²) in [5, 5.41) is 8.91. The molecule has 2 amide bonds. The van der Waals surface area contributed by atoms with Crippen molar-refractivity contribution in [1.29, 1.82) is 5.26 Å². The van der Waals surface area contributed by atoms with Gasteiger partial charge < -0.3 is 14.5 Å². The smallest absolute Gasteiger partial charge is 0.253 e. The lowest BCUT2D eigenvalue weighted by molar-refractivity contribution is -0.122. The minimum absolute atomic E-state index is 0.0147. The van der Waals surface area contributed by atoms with Gasteiger partial charge in [0.05, 0.1) is 24.2 Å². The minimum Gasteiger partial charge on any atom is -0.497 e. The van der Waals surface area contributed by atoms with Crippen LogP contribution >= 0.6 is 0 Å². The fraction of sp³-hybridized carbons (Fsp3) is 0.286. The summed E-state index contributed by atoms with van der Waals surface area (Å²) in [4.78, 5) is 29.4. The van der Waals surface area contributed by atoms with Crippen molar-refractivity contribution >= 4 is 17.5 Å². The molecule has 0 aromatic heterocycles. The molecule has 2 aromatic carbocycles. The van der Waals surface area contributed by atoms with Gasteiger partial charge in [0.15, 0.2) is 0 Å². The average molecular weight is 361 g/mol. The summed E-state index contributed by atoms with van der Waals surface area (Å²) < 4.78 is 5.34. The van der Waals surface area contributed by atoms with Gasteiger partial charge >= 0.3 is 0 Å². The lowest BCUT2D eigenvalue weighted by Crippen LogP contribution is -2.42. The summed E-state index contributed by atoms with van der Waals surface area (Å²) in [6.07, 6.45) is 0.582. The number of ether oxygens (including phenoxy) is 1. The van der Waals surface area contributed by atoms with Gasteiger partial charge in [0.2, 0.25) is 5.91 Å². The fourth-order valence-corrected chi connectivity index (χ4v) is 4.11. The van der Waals surface area contributed by atoms with Crippen LogP contribution in [-0.4, -0.2) is 44.0 Å². The predicted octanol–water partition coefficient (Wildman–Crippen LogP) is 2.33. The van der Waals surface area contributed by atoms with Gasteiger partial charge in [0.25, 0.3) is 5.91 Å². The number of methoxy groups -OCH3 is 1. The van der Waals surface area contributed by atoms with Gasteiger partial charge in [-0.25, -0.2) is 0 Å². The van der Waals surface area contributed by atoms with E-state index in [0.717, 1.165) is 11.3 Å². The van der Waals surface area contributed by atoms with Crippen molar-refractivity contribution < 1.29 is 14.3 Å². The molecule has 0 aliphatic carbocycles. The molecule has 1 fully saturated rings. The number of nitrogens with zero attached hydrogens (tertiary/aromatic N) is 3. The van der Waals surface area contributed by atoms with Crippen LogP contribution in [-0.2, 0) is 10.2 Å². The second-order valence-electron chi connectivity index (χ2n) is 7.00. The molecule has 2 aromatic rings. The summed E-state index contributed by atoms with van der Waals surface area (Å²) >= 11 is 0. The van der Waals surface area contributed by atoms with Crippen LogP contribution < -0.4 is 9.64 Å². The zero-order chi connectivity index (χ0) is 19.2. The summed E-state index contributed by atoms with van der Waals surface area (Å²) in [5.41, 5.74) is 2.10. The number of likely N-dealkylation sites (tertiary alicyclic amines) is 1. The van der Waals surface area contributed by atoms with Crippen LogP contribution in [0, 0.1) is 11.3 Å². The van der Waals surface area contributed by atoms with Crippen LogP contribution in [0.2, 0.25) is 0 Å². The van der Waals surface area contributed by atoms with Crippen LogP contribution in [0.1, 0.15) is 27.9 Å². The SMILES string of the molecule is COc1ccc2c(c1)[C@]1(CCN(C(=O)c3ccc(C#N)cc3)C1)C(=O)N2C. The number of amides is 2. The monoisotopic (exact) mass is 361 g/mol. The lowest BCUT2D eigenvalue weighted by Gasteiger charge is -2.23. The van der Waals surface area contributed by atoms with E-state index >= 15 is 0 Å². The van der Waals surface area contributed by atoms with Crippen molar-refractivity contribution in [2.75, 3.05) is 32.1 Å². The first-order valence-electron chi connectivity index (χ1n) is 8.76. The maximum Gasteiger partial charge on any atom is 0.253 e. The number of fused-ring (bicyclic) bond motifs is 2. The Labute approximate surface area is 157 Å². The van der Waals surface area contributed by atoms with E-state index in [-0.39, 0.29) is 11.8 Å². The molecule has 6 nitrogen and oxygen atoms in total. The number of likely N-dealkylation sites (N-methyl/N-ethyl adjacent to an activating group) is 1. The van der Waals surface area contributed by atoms with Crippen LogP contribution in [0.3, 0.4) is 0 Å². The first-order valence-corrected chi connectivity index (χ1v) is 8.76. The van der Waals surface area contributed by atoms with E-state index in [9.17, 15) is 9.59 Å². The molecule has 136 valence electrons. The lowest BCUT2D eigenvalue weighted by atomic mass is 9.81. The van der Waals surface area contributed by atoms with Gasteiger partial charge in [0, 0.05) is 31.4 Å². The first-order chi connectivity index (χ1) is 13.0. The zero-order valence-corrected chi connectivity index (χ0v) is 15.2. The zero-order valence-electron chi connectivity index (χ0n) is 15.2. The number of rotatable bonds is 2. The molecule has 0 unspecified atom stereocenters. The second kappa shape index (κ2) is 6.13. The second-order valence-corrected chi connectivity index (χ2v) is 7.00. The van der Waals surface area contributed by atoms with Gasteiger partial charge in [-0.3, -0.25) is 9.59 Å². The highest BCUT2D eigenvalue weighted by molar-refractivity contribution is 6.09. The molecule has 2 aliphatic heterocycles. The summed E-state index contributed by atoms with van der Waals surface area (Å²) in [7, 11) is 3.37. The number of nitriles is 1. The van der Waals surface area contributed by atoms with Crippen LogP contribution in [0.25, 0.3) is 0 Å². The minimum atomic E-state index is -0.721. The molecule has 1 spiro atoms. The van der Waals surface area contributed by atoms with Crippen LogP contribution in [0.5, 0.6) is 5.75 Å². The van der Waals surface area contributed by atoms with Gasteiger partial charge in [-0.05, 0) is 54.4 Å². The third kappa shape index (κ3) is 2.47. The highest BCUT2D eigenvalue weighted by Crippen LogP contribution is 2.48. The molecular formula is C21H19N3O3. The molecule has 1 saturated heterocycles. The predicted molar refractivity (Wildman–Crippen MR) is 99.8 cm³/mol. The maximum absolute atomic E-state index is 13.1. The van der Waals surface area contributed by atoms with Crippen molar-refractivity contribution in [2.24, 2.45) is 0 Å². The Morgan fingerprint density at radius 3 is 2.63 bits per heavy atom. The van der Waals surface area contributed by atoms with Crippen molar-refractivity contribution in [1.82, 2.24) is 4.90 Å². The van der Waals surface area contributed by atoms with E-state index in [2.05, 4.69) is 0 Å². The molecule has 2 heterocycles. The fourth-order valence-electron chi connectivity index (χ4n) is 4.11. The molecule has 0 saturated carbocycles. The Morgan fingerprint density at radius 1 is 1.22 bits per heavy atom. The maximum atomic E-state index is 13.1. The van der Waals surface area contributed by atoms with Crippen molar-refractivity contribution in [3.8, 4) is 11.8 Å². The van der Waals surface area contributed by atoms with Crippen LogP contribution in [0.15, 0.2) is 42.5 Å². The largest absolute Gasteiger partial charge is 0.497 e. The van der Waals surface area contributed by atoms with Crippen molar-refractivity contribution in [3.63, 3.8) is 0 Å². The van der Waals surface area contributed by atoms with Crippen LogP contribution in [0.4, 0.5) is 5.69 Å². The normalized spacial score (nSPS) is 20.7. The highest BCUT2D eigenvalue weighted by Gasteiger charge is 2.54. The molecule has 27 heavy (non-hydrogen) atoms. The van der Waals surface area contributed by atoms with Gasteiger partial charge in [-0.2, -0.15) is 5.26 Å². The quantitative estimate of drug-likeness (QED) is 0.823. The summed E-state index contributed by atoms with van der Waals surface area (Å²) in [6.45, 7) is 0.851. The number of hydrogen-bond donors (Lipinski definition) is 0.